The number of H-pyrrole nitrogens is 2. The smallest absolute Gasteiger partial charge is 0.296 e. The molecule has 1 fully saturated rings. The van der Waals surface area contributed by atoms with E-state index < -0.39 is 0 Å². The first kappa shape index (κ1) is 13.6. The van der Waals surface area contributed by atoms with E-state index in [0.29, 0.717) is 18.3 Å². The van der Waals surface area contributed by atoms with Gasteiger partial charge in [-0.2, -0.15) is 5.10 Å². The summed E-state index contributed by atoms with van der Waals surface area (Å²) in [5.74, 6) is 1.33. The fourth-order valence-electron chi connectivity index (χ4n) is 2.80. The molecule has 1 aromatic carbocycles. The Morgan fingerprint density at radius 3 is 2.70 bits per heavy atom. The van der Waals surface area contributed by atoms with Gasteiger partial charge in [0, 0.05) is 4.47 Å². The van der Waals surface area contributed by atoms with Gasteiger partial charge >= 0.3 is 5.69 Å². The number of aromatic nitrogens is 3. The lowest BCUT2D eigenvalue weighted by Crippen LogP contribution is -2.33. The molecule has 1 aliphatic heterocycles. The van der Waals surface area contributed by atoms with E-state index in [1.807, 2.05) is 0 Å². The fourth-order valence-corrected chi connectivity index (χ4v) is 3.41. The molecule has 5 nitrogen and oxygen atoms in total. The second-order valence-electron chi connectivity index (χ2n) is 5.20. The van der Waals surface area contributed by atoms with Crippen LogP contribution in [0.5, 0.6) is 0 Å². The number of hydrogen-bond acceptors (Lipinski definition) is 3. The van der Waals surface area contributed by atoms with Crippen LogP contribution >= 0.6 is 15.9 Å². The molecule has 2 aromatic rings. The second kappa shape index (κ2) is 5.93. The summed E-state index contributed by atoms with van der Waals surface area (Å²) >= 11 is 3.64. The highest BCUT2D eigenvalue weighted by Gasteiger charge is 2.22. The van der Waals surface area contributed by atoms with E-state index in [0.717, 1.165) is 25.9 Å². The Kier molecular flexibility index (Phi) is 4.03. The summed E-state index contributed by atoms with van der Waals surface area (Å²) < 4.78 is 1.20. The zero-order valence-electron chi connectivity index (χ0n) is 11.1. The van der Waals surface area contributed by atoms with E-state index in [1.54, 1.807) is 0 Å². The molecular weight excluding hydrogens is 320 g/mol. The number of halogens is 1. The molecule has 0 amide bonds. The Hall–Kier alpha value is -1.40. The third kappa shape index (κ3) is 3.02. The van der Waals surface area contributed by atoms with E-state index >= 15 is 0 Å². The van der Waals surface area contributed by atoms with Crippen LogP contribution in [0, 0.1) is 0 Å². The number of benzene rings is 1. The van der Waals surface area contributed by atoms with E-state index in [1.165, 1.54) is 10.0 Å². The van der Waals surface area contributed by atoms with Crippen LogP contribution in [0.2, 0.25) is 0 Å². The lowest BCUT2D eigenvalue weighted by atomic mass is 9.89. The van der Waals surface area contributed by atoms with E-state index in [2.05, 4.69) is 60.3 Å². The van der Waals surface area contributed by atoms with Crippen LogP contribution in [0.4, 0.5) is 0 Å². The van der Waals surface area contributed by atoms with Gasteiger partial charge in [0.15, 0.2) is 0 Å². The lowest BCUT2D eigenvalue weighted by molar-refractivity contribution is 0.200. The van der Waals surface area contributed by atoms with Crippen LogP contribution < -0.4 is 5.69 Å². The summed E-state index contributed by atoms with van der Waals surface area (Å²) in [7, 11) is 0. The van der Waals surface area contributed by atoms with Crippen molar-refractivity contribution < 1.29 is 0 Å². The Balaban J connectivity index is 1.60. The maximum absolute atomic E-state index is 11.0. The predicted molar refractivity (Wildman–Crippen MR) is 80.6 cm³/mol. The van der Waals surface area contributed by atoms with Crippen LogP contribution in [-0.4, -0.2) is 33.2 Å². The van der Waals surface area contributed by atoms with Gasteiger partial charge in [0.25, 0.3) is 0 Å². The minimum atomic E-state index is -0.233. The highest BCUT2D eigenvalue weighted by molar-refractivity contribution is 9.10. The predicted octanol–water partition coefficient (Wildman–Crippen LogP) is 2.24. The van der Waals surface area contributed by atoms with Gasteiger partial charge < -0.3 is 0 Å². The van der Waals surface area contributed by atoms with Crippen LogP contribution in [-0.2, 0) is 6.54 Å². The average molecular weight is 337 g/mol. The minimum absolute atomic E-state index is 0.233. The van der Waals surface area contributed by atoms with Crippen molar-refractivity contribution in [3.63, 3.8) is 0 Å². The summed E-state index contributed by atoms with van der Waals surface area (Å²) in [5, 5.41) is 6.37. The van der Waals surface area contributed by atoms with Crippen molar-refractivity contribution in [3.05, 3.63) is 50.6 Å². The number of hydrogen-bond donors (Lipinski definition) is 2. The Bertz CT molecular complexity index is 628. The topological polar surface area (TPSA) is 64.8 Å². The molecule has 1 aromatic heterocycles. The molecule has 106 valence electrons. The number of nitrogens with one attached hydrogen (secondary N) is 2. The van der Waals surface area contributed by atoms with Gasteiger partial charge in [-0.1, -0.05) is 34.1 Å². The van der Waals surface area contributed by atoms with Crippen LogP contribution in [0.1, 0.15) is 30.1 Å². The number of nitrogens with zero attached hydrogens (tertiary/aromatic N) is 2. The van der Waals surface area contributed by atoms with Gasteiger partial charge in [-0.25, -0.2) is 9.89 Å². The maximum atomic E-state index is 11.0. The third-order valence-electron chi connectivity index (χ3n) is 3.86. The summed E-state index contributed by atoms with van der Waals surface area (Å²) in [6.07, 6.45) is 2.27. The van der Waals surface area contributed by atoms with Gasteiger partial charge in [0.1, 0.15) is 5.82 Å². The van der Waals surface area contributed by atoms with E-state index in [4.69, 9.17) is 0 Å². The SMILES string of the molecule is O=c1[nH]nc(CN2CCC(c3ccccc3Br)CC2)[nH]1. The monoisotopic (exact) mass is 336 g/mol. The number of likely N-dealkylation sites (tertiary alicyclic amines) is 1. The molecule has 2 N–H and O–H groups in total. The molecular formula is C14H17BrN4O. The van der Waals surface area contributed by atoms with Gasteiger partial charge in [0.05, 0.1) is 6.54 Å². The fraction of sp³-hybridized carbons (Fsp3) is 0.429. The third-order valence-corrected chi connectivity index (χ3v) is 4.58. The lowest BCUT2D eigenvalue weighted by Gasteiger charge is -2.31. The normalized spacial score (nSPS) is 17.4. The van der Waals surface area contributed by atoms with Crippen LogP contribution in [0.3, 0.4) is 0 Å². The second-order valence-corrected chi connectivity index (χ2v) is 6.05. The summed E-state index contributed by atoms with van der Waals surface area (Å²) in [4.78, 5) is 16.0. The number of aromatic amines is 2. The van der Waals surface area contributed by atoms with Gasteiger partial charge in [-0.3, -0.25) is 9.88 Å². The van der Waals surface area contributed by atoms with Gasteiger partial charge in [0.2, 0.25) is 0 Å². The highest BCUT2D eigenvalue weighted by Crippen LogP contribution is 2.32. The molecule has 0 saturated carbocycles. The molecule has 0 atom stereocenters. The molecule has 0 spiro atoms. The molecule has 0 unspecified atom stereocenters. The summed E-state index contributed by atoms with van der Waals surface area (Å²) in [6.45, 7) is 2.77. The Labute approximate surface area is 125 Å². The van der Waals surface area contributed by atoms with Crippen molar-refractivity contribution in [3.8, 4) is 0 Å². The zero-order chi connectivity index (χ0) is 13.9. The van der Waals surface area contributed by atoms with Gasteiger partial charge in [-0.05, 0) is 43.5 Å². The molecule has 2 heterocycles. The Morgan fingerprint density at radius 1 is 1.30 bits per heavy atom. The number of rotatable bonds is 3. The van der Waals surface area contributed by atoms with Crippen molar-refractivity contribution in [1.29, 1.82) is 0 Å². The van der Waals surface area contributed by atoms with E-state index in [9.17, 15) is 4.79 Å². The first-order valence-corrected chi connectivity index (χ1v) is 7.62. The minimum Gasteiger partial charge on any atom is -0.296 e. The number of piperidine rings is 1. The van der Waals surface area contributed by atoms with Crippen molar-refractivity contribution in [2.24, 2.45) is 0 Å². The summed E-state index contributed by atoms with van der Waals surface area (Å²) in [6, 6.07) is 8.46. The molecule has 6 heteroatoms. The molecule has 1 saturated heterocycles. The molecule has 20 heavy (non-hydrogen) atoms. The largest absolute Gasteiger partial charge is 0.340 e. The zero-order valence-corrected chi connectivity index (χ0v) is 12.7. The average Bonchev–Trinajstić information content (AvgIpc) is 2.86. The quantitative estimate of drug-likeness (QED) is 0.903. The first-order valence-electron chi connectivity index (χ1n) is 6.83. The molecule has 0 radical (unpaired) electrons. The van der Waals surface area contributed by atoms with Crippen LogP contribution in [0.25, 0.3) is 0 Å². The van der Waals surface area contributed by atoms with Gasteiger partial charge in [-0.15, -0.1) is 0 Å². The van der Waals surface area contributed by atoms with Crippen molar-refractivity contribution in [2.75, 3.05) is 13.1 Å². The van der Waals surface area contributed by atoms with Crippen molar-refractivity contribution in [2.45, 2.75) is 25.3 Å². The molecule has 0 aliphatic carbocycles. The molecule has 1 aliphatic rings. The maximum Gasteiger partial charge on any atom is 0.340 e. The Morgan fingerprint density at radius 2 is 2.05 bits per heavy atom. The van der Waals surface area contributed by atoms with Crippen molar-refractivity contribution >= 4 is 15.9 Å². The van der Waals surface area contributed by atoms with Crippen LogP contribution in [0.15, 0.2) is 33.5 Å². The highest BCUT2D eigenvalue weighted by atomic mass is 79.9. The standard InChI is InChI=1S/C14H17BrN4O/c15-12-4-2-1-3-11(12)10-5-7-19(8-6-10)9-13-16-14(20)18-17-13/h1-4,10H,5-9H2,(H2,16,17,18,20). The first-order chi connectivity index (χ1) is 9.72. The van der Waals surface area contributed by atoms with Crippen molar-refractivity contribution in [1.82, 2.24) is 20.1 Å². The summed E-state index contributed by atoms with van der Waals surface area (Å²) in [5.41, 5.74) is 1.17. The molecule has 0 bridgehead atoms. The molecule has 3 rings (SSSR count). The van der Waals surface area contributed by atoms with E-state index in [-0.39, 0.29) is 5.69 Å².